The molecule has 0 saturated heterocycles. The van der Waals surface area contributed by atoms with Crippen molar-refractivity contribution in [3.63, 3.8) is 0 Å². The smallest absolute Gasteiger partial charge is 0.233 e. The highest BCUT2D eigenvalue weighted by Crippen LogP contribution is 2.18. The van der Waals surface area contributed by atoms with Crippen molar-refractivity contribution >= 4 is 15.9 Å². The van der Waals surface area contributed by atoms with Gasteiger partial charge in [-0.25, -0.2) is 0 Å². The first kappa shape index (κ1) is 13.9. The fraction of sp³-hybridized carbons (Fsp3) is 0.308. The van der Waals surface area contributed by atoms with Crippen molar-refractivity contribution < 1.29 is 4.74 Å². The van der Waals surface area contributed by atoms with E-state index in [-0.39, 0.29) is 6.04 Å². The lowest BCUT2D eigenvalue weighted by molar-refractivity contribution is 0.389. The molecule has 5 nitrogen and oxygen atoms in total. The van der Waals surface area contributed by atoms with Gasteiger partial charge in [0.2, 0.25) is 5.88 Å². The molecule has 0 radical (unpaired) electrons. The summed E-state index contributed by atoms with van der Waals surface area (Å²) in [4.78, 5) is 4.16. The summed E-state index contributed by atoms with van der Waals surface area (Å²) >= 11 is 3.42. The summed E-state index contributed by atoms with van der Waals surface area (Å²) in [6, 6.07) is 5.87. The Morgan fingerprint density at radius 3 is 2.74 bits per heavy atom. The second-order valence-electron chi connectivity index (χ2n) is 4.06. The molecule has 0 spiro atoms. The summed E-state index contributed by atoms with van der Waals surface area (Å²) in [5.41, 5.74) is 2.01. The van der Waals surface area contributed by atoms with Gasteiger partial charge in [0, 0.05) is 22.9 Å². The molecule has 2 heterocycles. The van der Waals surface area contributed by atoms with Crippen molar-refractivity contribution in [1.29, 1.82) is 0 Å². The molecule has 0 saturated carbocycles. The molecule has 0 aliphatic carbocycles. The van der Waals surface area contributed by atoms with Crippen molar-refractivity contribution in [3.05, 3.63) is 46.3 Å². The van der Waals surface area contributed by atoms with Crippen LogP contribution in [0.4, 0.5) is 0 Å². The van der Waals surface area contributed by atoms with E-state index >= 15 is 0 Å². The van der Waals surface area contributed by atoms with Crippen LogP contribution >= 0.6 is 15.9 Å². The zero-order valence-electron chi connectivity index (χ0n) is 10.8. The van der Waals surface area contributed by atoms with E-state index in [4.69, 9.17) is 4.74 Å². The van der Waals surface area contributed by atoms with Crippen molar-refractivity contribution in [1.82, 2.24) is 20.5 Å². The van der Waals surface area contributed by atoms with Crippen LogP contribution in [-0.2, 0) is 6.42 Å². The molecule has 2 aromatic heterocycles. The summed E-state index contributed by atoms with van der Waals surface area (Å²) < 4.78 is 5.98. The van der Waals surface area contributed by atoms with Gasteiger partial charge in [-0.05, 0) is 47.1 Å². The third kappa shape index (κ3) is 3.71. The maximum absolute atomic E-state index is 5.01. The Morgan fingerprint density at radius 2 is 2.16 bits per heavy atom. The molecular weight excluding hydrogens is 308 g/mol. The first-order valence-electron chi connectivity index (χ1n) is 5.87. The normalized spacial score (nSPS) is 12.2. The molecule has 2 aromatic rings. The highest BCUT2D eigenvalue weighted by Gasteiger charge is 2.13. The molecule has 0 aliphatic rings. The Bertz CT molecular complexity index is 532. The van der Waals surface area contributed by atoms with Gasteiger partial charge >= 0.3 is 0 Å². The number of nitrogens with zero attached hydrogens (tertiary/aromatic N) is 3. The van der Waals surface area contributed by atoms with Crippen LogP contribution in [0.15, 0.2) is 35.1 Å². The fourth-order valence-electron chi connectivity index (χ4n) is 1.78. The van der Waals surface area contributed by atoms with Gasteiger partial charge in [0.1, 0.15) is 0 Å². The second-order valence-corrected chi connectivity index (χ2v) is 4.97. The molecule has 2 rings (SSSR count). The van der Waals surface area contributed by atoms with E-state index in [2.05, 4.69) is 36.4 Å². The summed E-state index contributed by atoms with van der Waals surface area (Å²) in [6.07, 6.45) is 4.42. The molecule has 100 valence electrons. The molecule has 1 N–H and O–H groups in total. The van der Waals surface area contributed by atoms with Gasteiger partial charge in [0.15, 0.2) is 0 Å². The topological polar surface area (TPSA) is 59.9 Å². The first-order valence-corrected chi connectivity index (χ1v) is 6.66. The summed E-state index contributed by atoms with van der Waals surface area (Å²) in [5.74, 6) is 0.516. The Hall–Kier alpha value is -1.53. The fourth-order valence-corrected chi connectivity index (χ4v) is 2.20. The molecule has 1 unspecified atom stereocenters. The number of aromatic nitrogens is 3. The minimum atomic E-state index is 0.0921. The van der Waals surface area contributed by atoms with Gasteiger partial charge in [0.25, 0.3) is 0 Å². The molecular formula is C13H15BrN4O. The number of methoxy groups -OCH3 is 1. The second kappa shape index (κ2) is 6.58. The highest BCUT2D eigenvalue weighted by atomic mass is 79.9. The number of pyridine rings is 1. The number of likely N-dealkylation sites (N-methyl/N-ethyl adjacent to an activating group) is 1. The monoisotopic (exact) mass is 322 g/mol. The lowest BCUT2D eigenvalue weighted by atomic mass is 10.0. The number of rotatable bonds is 5. The standard InChI is InChI=1S/C13H15BrN4O/c1-15-12(6-9-5-10(14)8-16-7-9)11-3-4-13(19-2)18-17-11/h3-5,7-8,12,15H,6H2,1-2H3. The molecule has 1 atom stereocenters. The Labute approximate surface area is 120 Å². The summed E-state index contributed by atoms with van der Waals surface area (Å²) in [5, 5.41) is 11.4. The van der Waals surface area contributed by atoms with Crippen LogP contribution in [0.2, 0.25) is 0 Å². The van der Waals surface area contributed by atoms with Crippen LogP contribution in [0, 0.1) is 0 Å². The predicted octanol–water partition coefficient (Wildman–Crippen LogP) is 2.15. The largest absolute Gasteiger partial charge is 0.480 e. The van der Waals surface area contributed by atoms with Crippen LogP contribution in [0.3, 0.4) is 0 Å². The van der Waals surface area contributed by atoms with Gasteiger partial charge in [-0.1, -0.05) is 0 Å². The first-order chi connectivity index (χ1) is 9.22. The van der Waals surface area contributed by atoms with Crippen molar-refractivity contribution in [2.75, 3.05) is 14.2 Å². The summed E-state index contributed by atoms with van der Waals surface area (Å²) in [6.45, 7) is 0. The third-order valence-electron chi connectivity index (χ3n) is 2.78. The maximum atomic E-state index is 5.01. The summed E-state index contributed by atoms with van der Waals surface area (Å²) in [7, 11) is 3.48. The number of ether oxygens (including phenoxy) is 1. The molecule has 19 heavy (non-hydrogen) atoms. The predicted molar refractivity (Wildman–Crippen MR) is 76.0 cm³/mol. The van der Waals surface area contributed by atoms with Gasteiger partial charge in [-0.2, -0.15) is 5.10 Å². The maximum Gasteiger partial charge on any atom is 0.233 e. The van der Waals surface area contributed by atoms with Gasteiger partial charge in [-0.15, -0.1) is 5.10 Å². The average molecular weight is 323 g/mol. The molecule has 0 fully saturated rings. The Morgan fingerprint density at radius 1 is 1.32 bits per heavy atom. The van der Waals surface area contributed by atoms with E-state index < -0.39 is 0 Å². The number of hydrogen-bond acceptors (Lipinski definition) is 5. The number of nitrogens with one attached hydrogen (secondary N) is 1. The quantitative estimate of drug-likeness (QED) is 0.914. The highest BCUT2D eigenvalue weighted by molar-refractivity contribution is 9.10. The van der Waals surface area contributed by atoms with E-state index in [0.29, 0.717) is 5.88 Å². The van der Waals surface area contributed by atoms with Crippen LogP contribution in [-0.4, -0.2) is 29.3 Å². The van der Waals surface area contributed by atoms with Crippen LogP contribution in [0.25, 0.3) is 0 Å². The van der Waals surface area contributed by atoms with E-state index in [9.17, 15) is 0 Å². The zero-order valence-corrected chi connectivity index (χ0v) is 12.4. The number of halogens is 1. The van der Waals surface area contributed by atoms with E-state index in [1.807, 2.05) is 31.4 Å². The van der Waals surface area contributed by atoms with E-state index in [1.165, 1.54) is 0 Å². The molecule has 6 heteroatoms. The van der Waals surface area contributed by atoms with Gasteiger partial charge in [0.05, 0.1) is 18.8 Å². The average Bonchev–Trinajstić information content (AvgIpc) is 2.45. The Balaban J connectivity index is 2.15. The minimum Gasteiger partial charge on any atom is -0.480 e. The lowest BCUT2D eigenvalue weighted by Crippen LogP contribution is -2.20. The van der Waals surface area contributed by atoms with Crippen molar-refractivity contribution in [2.45, 2.75) is 12.5 Å². The lowest BCUT2D eigenvalue weighted by Gasteiger charge is -2.15. The van der Waals surface area contributed by atoms with Gasteiger partial charge < -0.3 is 10.1 Å². The van der Waals surface area contributed by atoms with Crippen LogP contribution < -0.4 is 10.1 Å². The molecule has 0 amide bonds. The van der Waals surface area contributed by atoms with Crippen molar-refractivity contribution in [3.8, 4) is 5.88 Å². The van der Waals surface area contributed by atoms with Crippen LogP contribution in [0.5, 0.6) is 5.88 Å². The molecule has 0 aromatic carbocycles. The van der Waals surface area contributed by atoms with Gasteiger partial charge in [-0.3, -0.25) is 4.98 Å². The molecule has 0 aliphatic heterocycles. The Kier molecular flexibility index (Phi) is 4.81. The van der Waals surface area contributed by atoms with E-state index in [1.54, 1.807) is 13.3 Å². The van der Waals surface area contributed by atoms with Crippen molar-refractivity contribution in [2.24, 2.45) is 0 Å². The minimum absolute atomic E-state index is 0.0921. The zero-order chi connectivity index (χ0) is 13.7. The molecule has 0 bridgehead atoms. The third-order valence-corrected chi connectivity index (χ3v) is 3.21. The SMILES string of the molecule is CNC(Cc1cncc(Br)c1)c1ccc(OC)nn1. The number of hydrogen-bond donors (Lipinski definition) is 1. The van der Waals surface area contributed by atoms with E-state index in [0.717, 1.165) is 22.2 Å². The van der Waals surface area contributed by atoms with Crippen LogP contribution in [0.1, 0.15) is 17.3 Å².